The summed E-state index contributed by atoms with van der Waals surface area (Å²) >= 11 is 0. The zero-order chi connectivity index (χ0) is 35.2. The molecule has 264 valence electrons. The molecule has 10 atom stereocenters. The number of fused-ring (bicyclic) bond motifs is 1. The topological polar surface area (TPSA) is 75.2 Å². The van der Waals surface area contributed by atoms with Gasteiger partial charge in [0, 0.05) is 11.8 Å². The molecule has 2 spiro atoms. The minimum Gasteiger partial charge on any atom is -0.459 e. The van der Waals surface area contributed by atoms with Crippen LogP contribution >= 0.6 is 0 Å². The molecule has 2 aromatic carbocycles. The van der Waals surface area contributed by atoms with Crippen LogP contribution in [0.2, 0.25) is 0 Å². The molecule has 4 aliphatic carbocycles. The highest BCUT2D eigenvalue weighted by atomic mass is 16.5. The van der Waals surface area contributed by atoms with Gasteiger partial charge < -0.3 is 4.74 Å². The van der Waals surface area contributed by atoms with E-state index in [1.165, 1.54) is 4.57 Å². The van der Waals surface area contributed by atoms with Gasteiger partial charge in [0.1, 0.15) is 6.10 Å². The van der Waals surface area contributed by atoms with E-state index < -0.39 is 11.1 Å². The van der Waals surface area contributed by atoms with E-state index in [9.17, 15) is 9.59 Å². The number of nitrogens with zero attached hydrogens (tertiary/aromatic N) is 3. The maximum absolute atomic E-state index is 15.0. The van der Waals surface area contributed by atoms with Gasteiger partial charge in [0.2, 0.25) is 0 Å². The van der Waals surface area contributed by atoms with Crippen molar-refractivity contribution in [3.8, 4) is 5.69 Å². The summed E-state index contributed by atoms with van der Waals surface area (Å²) in [4.78, 5) is 43.3. The number of rotatable bonds is 7. The molecule has 2 bridgehead atoms. The first-order valence-electron chi connectivity index (χ1n) is 19.1. The van der Waals surface area contributed by atoms with Gasteiger partial charge in [-0.25, -0.2) is 28.3 Å². The largest absolute Gasteiger partial charge is 0.459 e. The van der Waals surface area contributed by atoms with Crippen LogP contribution in [0.5, 0.6) is 0 Å². The summed E-state index contributed by atoms with van der Waals surface area (Å²) in [5.74, 6) is 2.09. The van der Waals surface area contributed by atoms with E-state index in [0.29, 0.717) is 41.3 Å². The van der Waals surface area contributed by atoms with Gasteiger partial charge in [-0.15, -0.1) is 0 Å². The lowest BCUT2D eigenvalue weighted by molar-refractivity contribution is -0.199. The van der Waals surface area contributed by atoms with E-state index in [1.54, 1.807) is 12.1 Å². The first-order valence-corrected chi connectivity index (χ1v) is 19.1. The summed E-state index contributed by atoms with van der Waals surface area (Å²) in [5, 5.41) is 0. The van der Waals surface area contributed by atoms with Crippen LogP contribution in [0.3, 0.4) is 0 Å². The van der Waals surface area contributed by atoms with Crippen LogP contribution in [-0.4, -0.2) is 26.0 Å². The molecule has 3 heterocycles. The van der Waals surface area contributed by atoms with Crippen LogP contribution in [0.4, 0.5) is 0 Å². The van der Waals surface area contributed by atoms with Crippen LogP contribution in [0, 0.1) is 46.3 Å². The Labute approximate surface area is 296 Å². The molecule has 3 saturated carbocycles. The predicted octanol–water partition coefficient (Wildman–Crippen LogP) is 8.12. The Morgan fingerprint density at radius 2 is 1.48 bits per heavy atom. The van der Waals surface area contributed by atoms with E-state index in [0.717, 1.165) is 38.5 Å². The van der Waals surface area contributed by atoms with Crippen LogP contribution < -0.4 is 11.4 Å². The maximum atomic E-state index is 15.0. The van der Waals surface area contributed by atoms with Gasteiger partial charge in [0.25, 0.3) is 0 Å². The summed E-state index contributed by atoms with van der Waals surface area (Å²) in [6, 6.07) is 18.5. The molecule has 0 saturated heterocycles. The third-order valence-electron chi connectivity index (χ3n) is 14.8. The molecule has 6 aliphatic rings. The van der Waals surface area contributed by atoms with Crippen molar-refractivity contribution < 1.29 is 9.53 Å². The van der Waals surface area contributed by atoms with Gasteiger partial charge in [0.05, 0.1) is 22.3 Å². The number of aromatic nitrogens is 3. The van der Waals surface area contributed by atoms with E-state index in [4.69, 9.17) is 4.74 Å². The molecular weight excluding hydrogens is 622 g/mol. The zero-order valence-corrected chi connectivity index (χ0v) is 30.5. The lowest BCUT2D eigenvalue weighted by atomic mass is 9.40. The molecule has 3 fully saturated rings. The van der Waals surface area contributed by atoms with Crippen molar-refractivity contribution in [3.63, 3.8) is 0 Å². The number of hydrogen-bond donors (Lipinski definition) is 0. The Bertz CT molecular complexity index is 1970. The lowest BCUT2D eigenvalue weighted by Crippen LogP contribution is -2.76. The first kappa shape index (κ1) is 33.3. The number of allylic oxidation sites excluding steroid dienone is 4. The number of esters is 1. The van der Waals surface area contributed by atoms with E-state index in [-0.39, 0.29) is 46.1 Å². The average Bonchev–Trinajstić information content (AvgIpc) is 3.62. The van der Waals surface area contributed by atoms with Crippen molar-refractivity contribution in [1.29, 1.82) is 0 Å². The van der Waals surface area contributed by atoms with Gasteiger partial charge in [-0.05, 0) is 104 Å². The van der Waals surface area contributed by atoms with Gasteiger partial charge in [-0.2, -0.15) is 0 Å². The molecule has 1 aromatic heterocycles. The van der Waals surface area contributed by atoms with Gasteiger partial charge in [-0.3, -0.25) is 0 Å². The van der Waals surface area contributed by atoms with Crippen molar-refractivity contribution in [2.45, 2.75) is 104 Å². The lowest BCUT2D eigenvalue weighted by Gasteiger charge is -2.71. The van der Waals surface area contributed by atoms with Crippen LogP contribution in [0.15, 0.2) is 94.6 Å². The smallest absolute Gasteiger partial charge is 0.352 e. The number of carbonyl (C=O) groups excluding carboxylic acids is 1. The summed E-state index contributed by atoms with van der Waals surface area (Å²) in [6.45, 7) is 14.1. The number of ether oxygens (including phenoxy) is 1. The highest BCUT2D eigenvalue weighted by Crippen LogP contribution is 2.74. The zero-order valence-electron chi connectivity index (χ0n) is 30.5. The van der Waals surface area contributed by atoms with E-state index >= 15 is 4.79 Å². The van der Waals surface area contributed by atoms with Crippen LogP contribution in [-0.2, 0) is 15.8 Å². The third kappa shape index (κ3) is 4.37. The molecule has 0 amide bonds. The van der Waals surface area contributed by atoms with Crippen LogP contribution in [0.1, 0.15) is 96.8 Å². The van der Waals surface area contributed by atoms with Gasteiger partial charge in [0.15, 0.2) is 0 Å². The highest BCUT2D eigenvalue weighted by molar-refractivity contribution is 5.89. The molecule has 2 aliphatic heterocycles. The molecule has 50 heavy (non-hydrogen) atoms. The third-order valence-corrected chi connectivity index (χ3v) is 14.8. The Hall–Kier alpha value is -3.87. The molecule has 7 heteroatoms. The van der Waals surface area contributed by atoms with Crippen molar-refractivity contribution in [2.75, 3.05) is 0 Å². The molecule has 3 aromatic rings. The molecule has 0 unspecified atom stereocenters. The molecule has 7 nitrogen and oxygen atoms in total. The summed E-state index contributed by atoms with van der Waals surface area (Å²) in [7, 11) is 0. The molecule has 9 rings (SSSR count). The second kappa shape index (κ2) is 11.6. The second-order valence-corrected chi connectivity index (χ2v) is 17.2. The SMILES string of the molecule is CC(C)[C@@H](C)C=C[C@@H](C)[C@H]1CC[C@@H]2[C@]1(C)CC[C@H]1[C@]23C=C[C@]2(C[C@@H](OC(=O)c4ccccc4)CC[C@]12C)n1c(=O)n(-c2ccccc2)c(=O)n13. The van der Waals surface area contributed by atoms with Crippen molar-refractivity contribution in [1.82, 2.24) is 13.9 Å². The standard InChI is InChI=1S/C43H53N3O4/c1-28(2)29(3)17-18-30(4)34-19-20-35-40(34,5)23-22-36-41(6)24-21-33(50-37(47)31-13-9-7-10-14-31)27-42(41)25-26-43(35,36)46-39(49)44(38(48)45(42)46)32-15-11-8-12-16-32/h7-18,25-26,28-30,33-36H,19-24,27H2,1-6H3/t29-,30+,33-,34+,35+,36+,40+,41+,42+,43-/m0/s1. The monoisotopic (exact) mass is 675 g/mol. The van der Waals surface area contributed by atoms with Crippen molar-refractivity contribution in [3.05, 3.63) is 111 Å². The minimum atomic E-state index is -0.801. The van der Waals surface area contributed by atoms with E-state index in [1.807, 2.05) is 57.9 Å². The number of hydrogen-bond acceptors (Lipinski definition) is 4. The fraction of sp³-hybridized carbons (Fsp3) is 0.558. The van der Waals surface area contributed by atoms with Gasteiger partial charge >= 0.3 is 17.3 Å². The number of carbonyl (C=O) groups is 1. The Morgan fingerprint density at radius 3 is 2.18 bits per heavy atom. The number of benzene rings is 2. The summed E-state index contributed by atoms with van der Waals surface area (Å²) in [6.07, 6.45) is 15.4. The average molecular weight is 676 g/mol. The fourth-order valence-electron chi connectivity index (χ4n) is 11.9. The highest BCUT2D eigenvalue weighted by Gasteiger charge is 2.75. The summed E-state index contributed by atoms with van der Waals surface area (Å²) in [5.41, 5.74) is -1.15. The predicted molar refractivity (Wildman–Crippen MR) is 196 cm³/mol. The van der Waals surface area contributed by atoms with Crippen LogP contribution in [0.25, 0.3) is 5.69 Å². The Kier molecular flexibility index (Phi) is 7.71. The van der Waals surface area contributed by atoms with E-state index in [2.05, 4.69) is 65.8 Å². The van der Waals surface area contributed by atoms with Gasteiger partial charge in [-0.1, -0.05) is 102 Å². The Morgan fingerprint density at radius 1 is 0.800 bits per heavy atom. The van der Waals surface area contributed by atoms with Crippen molar-refractivity contribution in [2.24, 2.45) is 46.3 Å². The fourth-order valence-corrected chi connectivity index (χ4v) is 11.9. The Balaban J connectivity index is 1.27. The summed E-state index contributed by atoms with van der Waals surface area (Å²) < 4.78 is 11.4. The minimum absolute atomic E-state index is 0.0109. The molecule has 0 N–H and O–H groups in total. The quantitative estimate of drug-likeness (QED) is 0.187. The number of para-hydroxylation sites is 1. The second-order valence-electron chi connectivity index (χ2n) is 17.2. The van der Waals surface area contributed by atoms with Crippen molar-refractivity contribution >= 4 is 5.97 Å². The normalized spacial score (nSPS) is 36.5. The molecular formula is C43H53N3O4. The first-order chi connectivity index (χ1) is 23.9. The maximum Gasteiger partial charge on any atom is 0.352 e. The molecule has 0 radical (unpaired) electrons.